The van der Waals surface area contributed by atoms with Gasteiger partial charge in [0.1, 0.15) is 13.2 Å². The fourth-order valence-corrected chi connectivity index (χ4v) is 5.30. The maximum absolute atomic E-state index is 13.7. The summed E-state index contributed by atoms with van der Waals surface area (Å²) in [6.07, 6.45) is 1.81. The van der Waals surface area contributed by atoms with Crippen molar-refractivity contribution in [1.82, 2.24) is 4.98 Å². The summed E-state index contributed by atoms with van der Waals surface area (Å²) >= 11 is 0. The second-order valence-electron chi connectivity index (χ2n) is 8.05. The number of benzene rings is 2. The van der Waals surface area contributed by atoms with Crippen LogP contribution in [0, 0.1) is 0 Å². The molecule has 1 fully saturated rings. The van der Waals surface area contributed by atoms with Gasteiger partial charge >= 0.3 is 0 Å². The van der Waals surface area contributed by atoms with Crippen molar-refractivity contribution in [2.45, 2.75) is 28.9 Å². The van der Waals surface area contributed by atoms with Crippen molar-refractivity contribution in [2.75, 3.05) is 45.9 Å². The molecule has 35 heavy (non-hydrogen) atoms. The van der Waals surface area contributed by atoms with Crippen LogP contribution in [0.15, 0.2) is 50.7 Å². The van der Waals surface area contributed by atoms with E-state index in [1.807, 2.05) is 0 Å². The minimum absolute atomic E-state index is 0.0223. The lowest BCUT2D eigenvalue weighted by Gasteiger charge is -2.18. The second-order valence-corrected chi connectivity index (χ2v) is 9.91. The van der Waals surface area contributed by atoms with Crippen LogP contribution in [-0.4, -0.2) is 60.1 Å². The highest BCUT2D eigenvalue weighted by atomic mass is 32.2. The molecule has 0 aliphatic carbocycles. The van der Waals surface area contributed by atoms with E-state index >= 15 is 0 Å². The van der Waals surface area contributed by atoms with E-state index in [4.69, 9.17) is 28.1 Å². The van der Waals surface area contributed by atoms with E-state index in [0.717, 1.165) is 12.8 Å². The van der Waals surface area contributed by atoms with Crippen LogP contribution >= 0.6 is 0 Å². The summed E-state index contributed by atoms with van der Waals surface area (Å²) in [7, 11) is -1.01. The molecule has 0 spiro atoms. The van der Waals surface area contributed by atoms with Gasteiger partial charge in [-0.1, -0.05) is 0 Å². The number of sulfone groups is 1. The molecule has 1 atom stereocenters. The first-order chi connectivity index (χ1) is 17.0. The lowest BCUT2D eigenvalue weighted by atomic mass is 10.2. The number of methoxy groups -OCH3 is 2. The average Bonchev–Trinajstić information content (AvgIpc) is 3.57. The van der Waals surface area contributed by atoms with Crippen LogP contribution in [0.3, 0.4) is 0 Å². The maximum atomic E-state index is 13.7. The summed E-state index contributed by atoms with van der Waals surface area (Å²) in [6.45, 7) is 1.83. The molecule has 186 valence electrons. The lowest BCUT2D eigenvalue weighted by Crippen LogP contribution is -2.19. The zero-order valence-electron chi connectivity index (χ0n) is 19.4. The summed E-state index contributed by atoms with van der Waals surface area (Å²) in [4.78, 5) is 4.41. The average molecular weight is 503 g/mol. The fourth-order valence-electron chi connectivity index (χ4n) is 4.01. The molecular weight excluding hydrogens is 476 g/mol. The highest BCUT2D eigenvalue weighted by Crippen LogP contribution is 2.38. The van der Waals surface area contributed by atoms with Gasteiger partial charge in [0.15, 0.2) is 23.0 Å². The first-order valence-corrected chi connectivity index (χ1v) is 12.7. The third kappa shape index (κ3) is 4.61. The Hall–Kier alpha value is -3.44. The van der Waals surface area contributed by atoms with Gasteiger partial charge in [-0.15, -0.1) is 0 Å². The van der Waals surface area contributed by atoms with E-state index in [0.29, 0.717) is 54.9 Å². The molecule has 1 saturated heterocycles. The zero-order valence-corrected chi connectivity index (χ0v) is 20.2. The second kappa shape index (κ2) is 9.67. The largest absolute Gasteiger partial charge is 0.493 e. The molecule has 5 rings (SSSR count). The van der Waals surface area contributed by atoms with Crippen molar-refractivity contribution >= 4 is 15.7 Å². The summed E-state index contributed by atoms with van der Waals surface area (Å²) in [5.74, 6) is 2.03. The standard InChI is InChI=1S/C24H26N2O8S/c1-29-18-7-5-15(12-20(18)30-2)22-26-24(23(34-22)25-14-16-4-3-9-31-16)35(27,28)17-6-8-19-21(13-17)33-11-10-32-19/h5-8,12-13,16,25H,3-4,9-11,14H2,1-2H3. The predicted octanol–water partition coefficient (Wildman–Crippen LogP) is 3.55. The normalized spacial score (nSPS) is 17.3. The van der Waals surface area contributed by atoms with E-state index in [1.165, 1.54) is 26.4 Å². The Morgan fingerprint density at radius 3 is 2.54 bits per heavy atom. The number of nitrogens with one attached hydrogen (secondary N) is 1. The summed E-state index contributed by atoms with van der Waals surface area (Å²) < 4.78 is 60.7. The summed E-state index contributed by atoms with van der Waals surface area (Å²) in [6, 6.07) is 9.59. The van der Waals surface area contributed by atoms with Crippen LogP contribution in [0.1, 0.15) is 12.8 Å². The molecule has 1 aromatic heterocycles. The molecule has 3 heterocycles. The first-order valence-electron chi connectivity index (χ1n) is 11.2. The van der Waals surface area contributed by atoms with E-state index < -0.39 is 9.84 Å². The highest BCUT2D eigenvalue weighted by Gasteiger charge is 2.31. The molecule has 1 unspecified atom stereocenters. The minimum Gasteiger partial charge on any atom is -0.493 e. The van der Waals surface area contributed by atoms with E-state index in [9.17, 15) is 8.42 Å². The van der Waals surface area contributed by atoms with Crippen molar-refractivity contribution in [3.63, 3.8) is 0 Å². The predicted molar refractivity (Wildman–Crippen MR) is 125 cm³/mol. The van der Waals surface area contributed by atoms with Crippen LogP contribution in [0.2, 0.25) is 0 Å². The van der Waals surface area contributed by atoms with Crippen molar-refractivity contribution < 1.29 is 36.5 Å². The van der Waals surface area contributed by atoms with Gasteiger partial charge in [0.2, 0.25) is 26.6 Å². The van der Waals surface area contributed by atoms with Crippen LogP contribution < -0.4 is 24.3 Å². The number of fused-ring (bicyclic) bond motifs is 1. The Morgan fingerprint density at radius 2 is 1.80 bits per heavy atom. The summed E-state index contributed by atoms with van der Waals surface area (Å²) in [5.41, 5.74) is 0.534. The van der Waals surface area contributed by atoms with E-state index in [-0.39, 0.29) is 27.8 Å². The quantitative estimate of drug-likeness (QED) is 0.490. The Balaban J connectivity index is 1.54. The van der Waals surface area contributed by atoms with Crippen LogP contribution in [0.5, 0.6) is 23.0 Å². The molecule has 1 N–H and O–H groups in total. The first kappa shape index (κ1) is 23.3. The van der Waals surface area contributed by atoms with E-state index in [2.05, 4.69) is 10.3 Å². The molecule has 2 aliphatic heterocycles. The molecule has 0 saturated carbocycles. The van der Waals surface area contributed by atoms with Crippen molar-refractivity contribution in [3.8, 4) is 34.5 Å². The lowest BCUT2D eigenvalue weighted by molar-refractivity contribution is 0.120. The minimum atomic E-state index is -4.06. The number of oxazole rings is 1. The third-order valence-electron chi connectivity index (χ3n) is 5.82. The molecule has 0 amide bonds. The fraction of sp³-hybridized carbons (Fsp3) is 0.375. The Bertz CT molecular complexity index is 1320. The van der Waals surface area contributed by atoms with Gasteiger partial charge in [-0.3, -0.25) is 0 Å². The number of aromatic nitrogens is 1. The third-order valence-corrected chi connectivity index (χ3v) is 7.48. The maximum Gasteiger partial charge on any atom is 0.233 e. The number of ether oxygens (including phenoxy) is 5. The van der Waals surface area contributed by atoms with Crippen LogP contribution in [0.25, 0.3) is 11.5 Å². The molecule has 2 aliphatic rings. The van der Waals surface area contributed by atoms with Crippen molar-refractivity contribution in [2.24, 2.45) is 0 Å². The number of nitrogens with zero attached hydrogens (tertiary/aromatic N) is 1. The Kier molecular flexibility index (Phi) is 6.44. The SMILES string of the molecule is COc1ccc(-c2nc(S(=O)(=O)c3ccc4c(c3)OCCO4)c(NCC3CCCO3)o2)cc1OC. The van der Waals surface area contributed by atoms with Gasteiger partial charge in [-0.25, -0.2) is 8.42 Å². The zero-order chi connectivity index (χ0) is 24.4. The Morgan fingerprint density at radius 1 is 1.00 bits per heavy atom. The monoisotopic (exact) mass is 502 g/mol. The number of hydrogen-bond acceptors (Lipinski definition) is 10. The number of anilines is 1. The van der Waals surface area contributed by atoms with Crippen molar-refractivity contribution in [1.29, 1.82) is 0 Å². The smallest absolute Gasteiger partial charge is 0.233 e. The van der Waals surface area contributed by atoms with E-state index in [1.54, 1.807) is 24.3 Å². The molecule has 3 aromatic rings. The van der Waals surface area contributed by atoms with Gasteiger partial charge in [0.25, 0.3) is 0 Å². The molecule has 0 bridgehead atoms. The highest BCUT2D eigenvalue weighted by molar-refractivity contribution is 7.91. The topological polar surface area (TPSA) is 118 Å². The van der Waals surface area contributed by atoms with Gasteiger partial charge in [-0.2, -0.15) is 4.98 Å². The molecular formula is C24H26N2O8S. The van der Waals surface area contributed by atoms with Gasteiger partial charge in [0, 0.05) is 24.8 Å². The molecule has 10 nitrogen and oxygen atoms in total. The van der Waals surface area contributed by atoms with Crippen LogP contribution in [-0.2, 0) is 14.6 Å². The molecule has 11 heteroatoms. The summed E-state index contributed by atoms with van der Waals surface area (Å²) in [5, 5.41) is 2.86. The molecule has 0 radical (unpaired) electrons. The van der Waals surface area contributed by atoms with Gasteiger partial charge in [-0.05, 0) is 43.2 Å². The number of hydrogen-bond donors (Lipinski definition) is 1. The van der Waals surface area contributed by atoms with Crippen LogP contribution in [0.4, 0.5) is 5.88 Å². The molecule has 2 aromatic carbocycles. The van der Waals surface area contributed by atoms with Crippen molar-refractivity contribution in [3.05, 3.63) is 36.4 Å². The number of rotatable bonds is 8. The Labute approximate surface area is 203 Å². The van der Waals surface area contributed by atoms with Gasteiger partial charge in [0.05, 0.1) is 25.2 Å². The van der Waals surface area contributed by atoms with Gasteiger partial charge < -0.3 is 33.4 Å².